The van der Waals surface area contributed by atoms with E-state index in [0.717, 1.165) is 25.9 Å². The minimum atomic E-state index is -0.439. The van der Waals surface area contributed by atoms with Gasteiger partial charge in [-0.15, -0.1) is 0 Å². The van der Waals surface area contributed by atoms with Gasteiger partial charge in [0.05, 0.1) is 0 Å². The van der Waals surface area contributed by atoms with E-state index in [9.17, 15) is 4.79 Å². The first-order valence-corrected chi connectivity index (χ1v) is 8.11. The van der Waals surface area contributed by atoms with Gasteiger partial charge in [0.1, 0.15) is 5.60 Å². The summed E-state index contributed by atoms with van der Waals surface area (Å²) in [6.45, 7) is 7.26. The quantitative estimate of drug-likeness (QED) is 0.928. The van der Waals surface area contributed by atoms with Gasteiger partial charge in [0, 0.05) is 19.1 Å². The maximum atomic E-state index is 12.3. The predicted octanol–water partition coefficient (Wildman–Crippen LogP) is 3.59. The number of nitrogens with zero attached hydrogens (tertiary/aromatic N) is 1. The maximum Gasteiger partial charge on any atom is 0.410 e. The maximum absolute atomic E-state index is 12.3. The molecule has 1 aliphatic heterocycles. The van der Waals surface area contributed by atoms with Crippen LogP contribution < -0.4 is 5.32 Å². The molecular formula is C18H28N2O2. The molecule has 1 saturated heterocycles. The normalized spacial score (nSPS) is 20.5. The van der Waals surface area contributed by atoms with Crippen molar-refractivity contribution >= 4 is 6.09 Å². The lowest BCUT2D eigenvalue weighted by atomic mass is 9.86. The molecule has 0 bridgehead atoms. The van der Waals surface area contributed by atoms with E-state index in [1.54, 1.807) is 0 Å². The van der Waals surface area contributed by atoms with Crippen LogP contribution in [0.2, 0.25) is 0 Å². The molecule has 1 N–H and O–H groups in total. The van der Waals surface area contributed by atoms with E-state index in [4.69, 9.17) is 4.74 Å². The summed E-state index contributed by atoms with van der Waals surface area (Å²) in [4.78, 5) is 14.1. The van der Waals surface area contributed by atoms with Crippen molar-refractivity contribution in [1.29, 1.82) is 0 Å². The van der Waals surface area contributed by atoms with Gasteiger partial charge in [-0.05, 0) is 52.1 Å². The first-order valence-electron chi connectivity index (χ1n) is 8.11. The molecule has 0 radical (unpaired) electrons. The average Bonchev–Trinajstić information content (AvgIpc) is 2.48. The number of ether oxygens (including phenoxy) is 1. The number of piperidine rings is 1. The molecule has 0 aliphatic carbocycles. The van der Waals surface area contributed by atoms with Gasteiger partial charge in [0.25, 0.3) is 0 Å². The van der Waals surface area contributed by atoms with Gasteiger partial charge in [0.2, 0.25) is 0 Å². The topological polar surface area (TPSA) is 41.6 Å². The lowest BCUT2D eigenvalue weighted by Crippen LogP contribution is -2.45. The molecule has 1 aromatic rings. The number of carbonyl (C=O) groups is 1. The van der Waals surface area contributed by atoms with E-state index in [-0.39, 0.29) is 12.1 Å². The number of rotatable bonds is 3. The Hall–Kier alpha value is -1.55. The number of amides is 1. The fourth-order valence-electron chi connectivity index (χ4n) is 3.11. The predicted molar refractivity (Wildman–Crippen MR) is 88.8 cm³/mol. The van der Waals surface area contributed by atoms with Crippen molar-refractivity contribution in [3.05, 3.63) is 35.9 Å². The second-order valence-electron chi connectivity index (χ2n) is 7.01. The Labute approximate surface area is 133 Å². The molecule has 0 spiro atoms. The van der Waals surface area contributed by atoms with Crippen LogP contribution in [-0.4, -0.2) is 36.7 Å². The number of likely N-dealkylation sites (tertiary alicyclic amines) is 1. The Bertz CT molecular complexity index is 482. The van der Waals surface area contributed by atoms with Crippen LogP contribution in [0.25, 0.3) is 0 Å². The number of benzene rings is 1. The third-order valence-corrected chi connectivity index (χ3v) is 4.05. The molecule has 2 atom stereocenters. The van der Waals surface area contributed by atoms with E-state index in [2.05, 4.69) is 29.6 Å². The van der Waals surface area contributed by atoms with Gasteiger partial charge in [-0.25, -0.2) is 4.79 Å². The van der Waals surface area contributed by atoms with Gasteiger partial charge >= 0.3 is 6.09 Å². The van der Waals surface area contributed by atoms with E-state index in [1.807, 2.05) is 38.8 Å². The largest absolute Gasteiger partial charge is 0.444 e. The fraction of sp³-hybridized carbons (Fsp3) is 0.611. The van der Waals surface area contributed by atoms with Crippen LogP contribution >= 0.6 is 0 Å². The van der Waals surface area contributed by atoms with Crippen molar-refractivity contribution in [3.63, 3.8) is 0 Å². The molecule has 22 heavy (non-hydrogen) atoms. The molecule has 2 rings (SSSR count). The molecule has 122 valence electrons. The first-order chi connectivity index (χ1) is 10.4. The summed E-state index contributed by atoms with van der Waals surface area (Å²) in [5.41, 5.74) is 0.840. The highest BCUT2D eigenvalue weighted by Crippen LogP contribution is 2.30. The zero-order valence-corrected chi connectivity index (χ0v) is 14.1. The van der Waals surface area contributed by atoms with Crippen molar-refractivity contribution in [2.45, 2.75) is 45.3 Å². The highest BCUT2D eigenvalue weighted by atomic mass is 16.6. The third kappa shape index (κ3) is 4.47. The summed E-state index contributed by atoms with van der Waals surface area (Å²) in [6, 6.07) is 10.7. The number of carbonyl (C=O) groups excluding carboxylic acids is 1. The molecule has 1 aromatic carbocycles. The Morgan fingerprint density at radius 2 is 2.00 bits per heavy atom. The van der Waals surface area contributed by atoms with Crippen LogP contribution in [-0.2, 0) is 4.74 Å². The average molecular weight is 304 g/mol. The summed E-state index contributed by atoms with van der Waals surface area (Å²) in [5.74, 6) is 0.411. The van der Waals surface area contributed by atoms with E-state index in [1.165, 1.54) is 5.56 Å². The van der Waals surface area contributed by atoms with Crippen LogP contribution in [0.3, 0.4) is 0 Å². The van der Waals surface area contributed by atoms with Gasteiger partial charge in [-0.1, -0.05) is 30.3 Å². The molecule has 0 aromatic heterocycles. The van der Waals surface area contributed by atoms with Gasteiger partial charge in [-0.3, -0.25) is 0 Å². The highest BCUT2D eigenvalue weighted by Gasteiger charge is 2.31. The monoisotopic (exact) mass is 304 g/mol. The molecule has 4 heteroatoms. The van der Waals surface area contributed by atoms with Crippen LogP contribution in [0.1, 0.15) is 45.2 Å². The third-order valence-electron chi connectivity index (χ3n) is 4.05. The van der Waals surface area contributed by atoms with Crippen LogP contribution in [0.4, 0.5) is 4.79 Å². The Morgan fingerprint density at radius 3 is 2.59 bits per heavy atom. The molecule has 4 nitrogen and oxygen atoms in total. The van der Waals surface area contributed by atoms with E-state index < -0.39 is 5.60 Å². The van der Waals surface area contributed by atoms with E-state index >= 15 is 0 Å². The van der Waals surface area contributed by atoms with Crippen molar-refractivity contribution in [2.75, 3.05) is 20.1 Å². The zero-order valence-electron chi connectivity index (χ0n) is 14.1. The van der Waals surface area contributed by atoms with Crippen molar-refractivity contribution in [3.8, 4) is 0 Å². The van der Waals surface area contributed by atoms with Crippen LogP contribution in [0.5, 0.6) is 0 Å². The summed E-state index contributed by atoms with van der Waals surface area (Å²) >= 11 is 0. The summed E-state index contributed by atoms with van der Waals surface area (Å²) < 4.78 is 5.51. The minimum Gasteiger partial charge on any atom is -0.444 e. The minimum absolute atomic E-state index is 0.194. The molecule has 1 amide bonds. The first kappa shape index (κ1) is 16.8. The molecule has 0 saturated carbocycles. The molecule has 1 aliphatic rings. The Kier molecular flexibility index (Phi) is 5.46. The lowest BCUT2D eigenvalue weighted by molar-refractivity contribution is 0.0145. The summed E-state index contributed by atoms with van der Waals surface area (Å²) in [5, 5.41) is 3.42. The number of hydrogen-bond donors (Lipinski definition) is 1. The Balaban J connectivity index is 2.04. The molecule has 1 fully saturated rings. The van der Waals surface area contributed by atoms with Crippen molar-refractivity contribution in [2.24, 2.45) is 5.92 Å². The number of nitrogens with one attached hydrogen (secondary N) is 1. The Morgan fingerprint density at radius 1 is 1.32 bits per heavy atom. The second kappa shape index (κ2) is 7.14. The van der Waals surface area contributed by atoms with Gasteiger partial charge in [-0.2, -0.15) is 0 Å². The van der Waals surface area contributed by atoms with Crippen molar-refractivity contribution < 1.29 is 9.53 Å². The molecular weight excluding hydrogens is 276 g/mol. The molecule has 1 heterocycles. The smallest absolute Gasteiger partial charge is 0.410 e. The highest BCUT2D eigenvalue weighted by molar-refractivity contribution is 5.68. The standard InChI is InChI=1S/C18H28N2O2/c1-18(2,3)22-17(21)20-12-8-11-15(13-20)16(19-4)14-9-6-5-7-10-14/h5-7,9-10,15-16,19H,8,11-13H2,1-4H3/t15-,16-/m0/s1. The second-order valence-corrected chi connectivity index (χ2v) is 7.01. The van der Waals surface area contributed by atoms with Gasteiger partial charge < -0.3 is 15.0 Å². The van der Waals surface area contributed by atoms with Crippen molar-refractivity contribution in [1.82, 2.24) is 10.2 Å². The molecule has 0 unspecified atom stereocenters. The number of hydrogen-bond acceptors (Lipinski definition) is 3. The summed E-state index contributed by atoms with van der Waals surface area (Å²) in [6.07, 6.45) is 1.95. The SMILES string of the molecule is CN[C@@H](c1ccccc1)[C@H]1CCCN(C(=O)OC(C)(C)C)C1. The van der Waals surface area contributed by atoms with E-state index in [0.29, 0.717) is 5.92 Å². The van der Waals surface area contributed by atoms with Crippen LogP contribution in [0, 0.1) is 5.92 Å². The summed E-state index contributed by atoms with van der Waals surface area (Å²) in [7, 11) is 1.99. The zero-order chi connectivity index (χ0) is 16.2. The fourth-order valence-corrected chi connectivity index (χ4v) is 3.11. The van der Waals surface area contributed by atoms with Gasteiger partial charge in [0.15, 0.2) is 0 Å². The lowest BCUT2D eigenvalue weighted by Gasteiger charge is -2.37. The van der Waals surface area contributed by atoms with Crippen LogP contribution in [0.15, 0.2) is 30.3 Å².